The molecular weight excluding hydrogens is 368 g/mol. The average Bonchev–Trinajstić information content (AvgIpc) is 2.71. The summed E-state index contributed by atoms with van der Waals surface area (Å²) in [4.78, 5) is 0. The Morgan fingerprint density at radius 3 is 1.41 bits per heavy atom. The van der Waals surface area contributed by atoms with Gasteiger partial charge in [0.05, 0.1) is 11.4 Å². The van der Waals surface area contributed by atoms with E-state index in [0.29, 0.717) is 35.4 Å². The summed E-state index contributed by atoms with van der Waals surface area (Å²) in [6.07, 6.45) is 5.82. The second-order valence-electron chi connectivity index (χ2n) is 7.40. The molecule has 0 radical (unpaired) electrons. The third-order valence-corrected chi connectivity index (χ3v) is 4.99. The minimum atomic E-state index is 0.124. The molecular formula is C23H30N2O4. The van der Waals surface area contributed by atoms with Crippen molar-refractivity contribution in [1.82, 2.24) is 0 Å². The van der Waals surface area contributed by atoms with Crippen molar-refractivity contribution in [1.29, 1.82) is 0 Å². The fourth-order valence-electron chi connectivity index (χ4n) is 3.35. The Kier molecular flexibility index (Phi) is 8.52. The summed E-state index contributed by atoms with van der Waals surface area (Å²) < 4.78 is 0. The highest BCUT2D eigenvalue weighted by atomic mass is 16.4. The van der Waals surface area contributed by atoms with E-state index in [1.54, 1.807) is 12.1 Å². The molecule has 0 heterocycles. The van der Waals surface area contributed by atoms with Crippen LogP contribution < -0.4 is 0 Å². The van der Waals surface area contributed by atoms with Crippen LogP contribution in [0.1, 0.15) is 67.2 Å². The van der Waals surface area contributed by atoms with Gasteiger partial charge in [-0.1, -0.05) is 52.8 Å². The van der Waals surface area contributed by atoms with Gasteiger partial charge < -0.3 is 20.6 Å². The molecule has 0 atom stereocenters. The van der Waals surface area contributed by atoms with E-state index in [1.165, 1.54) is 0 Å². The van der Waals surface area contributed by atoms with Gasteiger partial charge >= 0.3 is 0 Å². The van der Waals surface area contributed by atoms with Crippen LogP contribution in [0, 0.1) is 13.8 Å². The number of rotatable bonds is 10. The number of hydrogen-bond acceptors (Lipinski definition) is 6. The average molecular weight is 399 g/mol. The van der Waals surface area contributed by atoms with Crippen LogP contribution in [-0.4, -0.2) is 32.1 Å². The quantitative estimate of drug-likeness (QED) is 0.183. The van der Waals surface area contributed by atoms with Gasteiger partial charge in [-0.2, -0.15) is 0 Å². The van der Waals surface area contributed by atoms with Crippen molar-refractivity contribution in [2.45, 2.75) is 58.8 Å². The molecule has 2 aromatic carbocycles. The second-order valence-corrected chi connectivity index (χ2v) is 7.40. The molecule has 4 N–H and O–H groups in total. The number of nitrogens with zero attached hydrogens (tertiary/aromatic N) is 2. The predicted octanol–water partition coefficient (Wildman–Crippen LogP) is 5.50. The standard InChI is InChI=1S/C23H30N2O4/c1-16-10-12-22(26)18(14-16)20(24-28)8-6-4-3-5-7-9-21(25-29)19-15-17(2)11-13-23(19)27/h10-15,26-29H,3-9H2,1-2H3/b24-20+,25-21+. The summed E-state index contributed by atoms with van der Waals surface area (Å²) in [6, 6.07) is 10.5. The van der Waals surface area contributed by atoms with Crippen LogP contribution in [0.5, 0.6) is 11.5 Å². The largest absolute Gasteiger partial charge is 0.507 e. The number of aromatic hydroxyl groups is 2. The van der Waals surface area contributed by atoms with E-state index in [2.05, 4.69) is 10.3 Å². The molecule has 0 unspecified atom stereocenters. The van der Waals surface area contributed by atoms with E-state index >= 15 is 0 Å². The first-order valence-electron chi connectivity index (χ1n) is 9.98. The molecule has 0 aliphatic rings. The zero-order chi connectivity index (χ0) is 21.2. The van der Waals surface area contributed by atoms with E-state index < -0.39 is 0 Å². The van der Waals surface area contributed by atoms with Crippen molar-refractivity contribution in [3.63, 3.8) is 0 Å². The van der Waals surface area contributed by atoms with Gasteiger partial charge in [-0.3, -0.25) is 0 Å². The topological polar surface area (TPSA) is 106 Å². The van der Waals surface area contributed by atoms with Crippen molar-refractivity contribution in [2.24, 2.45) is 10.3 Å². The number of oxime groups is 2. The third kappa shape index (κ3) is 6.52. The van der Waals surface area contributed by atoms with Gasteiger partial charge in [-0.25, -0.2) is 0 Å². The van der Waals surface area contributed by atoms with Crippen LogP contribution in [0.2, 0.25) is 0 Å². The zero-order valence-electron chi connectivity index (χ0n) is 17.1. The zero-order valence-corrected chi connectivity index (χ0v) is 17.1. The van der Waals surface area contributed by atoms with Crippen LogP contribution in [-0.2, 0) is 0 Å². The maximum Gasteiger partial charge on any atom is 0.124 e. The molecule has 156 valence electrons. The minimum Gasteiger partial charge on any atom is -0.507 e. The highest BCUT2D eigenvalue weighted by molar-refractivity contribution is 6.03. The SMILES string of the molecule is Cc1ccc(O)c(/C(CCCCCCC/C(=N\O)c2cc(C)ccc2O)=N/O)c1. The molecule has 0 saturated heterocycles. The normalized spacial score (nSPS) is 12.3. The Bertz CT molecular complexity index is 804. The summed E-state index contributed by atoms with van der Waals surface area (Å²) in [5.41, 5.74) is 4.15. The molecule has 6 heteroatoms. The summed E-state index contributed by atoms with van der Waals surface area (Å²) >= 11 is 0. The van der Waals surface area contributed by atoms with E-state index in [0.717, 1.165) is 43.2 Å². The maximum atomic E-state index is 9.97. The molecule has 2 rings (SSSR count). The Morgan fingerprint density at radius 2 is 1.03 bits per heavy atom. The summed E-state index contributed by atoms with van der Waals surface area (Å²) in [6.45, 7) is 3.86. The molecule has 0 spiro atoms. The Hall–Kier alpha value is -3.02. The van der Waals surface area contributed by atoms with E-state index in [9.17, 15) is 20.6 Å². The molecule has 0 aliphatic heterocycles. The van der Waals surface area contributed by atoms with Crippen molar-refractivity contribution in [3.8, 4) is 11.5 Å². The monoisotopic (exact) mass is 398 g/mol. The molecule has 0 aliphatic carbocycles. The minimum absolute atomic E-state index is 0.124. The lowest BCUT2D eigenvalue weighted by molar-refractivity contribution is 0.317. The number of unbranched alkanes of at least 4 members (excludes halogenated alkanes) is 4. The highest BCUT2D eigenvalue weighted by Crippen LogP contribution is 2.23. The molecule has 29 heavy (non-hydrogen) atoms. The van der Waals surface area contributed by atoms with Gasteiger partial charge in [-0.05, 0) is 63.8 Å². The van der Waals surface area contributed by atoms with Crippen molar-refractivity contribution < 1.29 is 20.6 Å². The predicted molar refractivity (Wildman–Crippen MR) is 115 cm³/mol. The van der Waals surface area contributed by atoms with Crippen LogP contribution in [0.15, 0.2) is 46.7 Å². The third-order valence-electron chi connectivity index (χ3n) is 4.99. The van der Waals surface area contributed by atoms with Crippen LogP contribution in [0.4, 0.5) is 0 Å². The fourth-order valence-corrected chi connectivity index (χ4v) is 3.35. The van der Waals surface area contributed by atoms with Crippen molar-refractivity contribution >= 4 is 11.4 Å². The number of benzene rings is 2. The second kappa shape index (κ2) is 11.1. The van der Waals surface area contributed by atoms with Gasteiger partial charge in [0.2, 0.25) is 0 Å². The molecule has 0 saturated carbocycles. The van der Waals surface area contributed by atoms with Crippen molar-refractivity contribution in [3.05, 3.63) is 58.7 Å². The molecule has 0 amide bonds. The lowest BCUT2D eigenvalue weighted by atomic mass is 9.99. The van der Waals surface area contributed by atoms with Gasteiger partial charge in [0.1, 0.15) is 11.5 Å². The van der Waals surface area contributed by atoms with E-state index in [4.69, 9.17) is 0 Å². The van der Waals surface area contributed by atoms with Crippen LogP contribution in [0.3, 0.4) is 0 Å². The fraction of sp³-hybridized carbons (Fsp3) is 0.391. The van der Waals surface area contributed by atoms with Gasteiger partial charge in [0, 0.05) is 11.1 Å². The Balaban J connectivity index is 1.74. The number of hydrogen-bond donors (Lipinski definition) is 4. The summed E-state index contributed by atoms with van der Waals surface area (Å²) in [7, 11) is 0. The molecule has 6 nitrogen and oxygen atoms in total. The Morgan fingerprint density at radius 1 is 0.655 bits per heavy atom. The van der Waals surface area contributed by atoms with Crippen LogP contribution >= 0.6 is 0 Å². The molecule has 0 bridgehead atoms. The Labute approximate surface area is 171 Å². The van der Waals surface area contributed by atoms with Crippen LogP contribution in [0.25, 0.3) is 0 Å². The lowest BCUT2D eigenvalue weighted by Crippen LogP contribution is -2.03. The molecule has 0 fully saturated rings. The van der Waals surface area contributed by atoms with E-state index in [1.807, 2.05) is 38.1 Å². The number of phenols is 2. The lowest BCUT2D eigenvalue weighted by Gasteiger charge is -2.09. The summed E-state index contributed by atoms with van der Waals surface area (Å²) in [5, 5.41) is 45.3. The maximum absolute atomic E-state index is 9.97. The smallest absolute Gasteiger partial charge is 0.124 e. The molecule has 0 aromatic heterocycles. The first kappa shape index (κ1) is 22.3. The van der Waals surface area contributed by atoms with Gasteiger partial charge in [-0.15, -0.1) is 0 Å². The van der Waals surface area contributed by atoms with Gasteiger partial charge in [0.25, 0.3) is 0 Å². The first-order chi connectivity index (χ1) is 14.0. The first-order valence-corrected chi connectivity index (χ1v) is 9.98. The highest BCUT2D eigenvalue weighted by Gasteiger charge is 2.11. The van der Waals surface area contributed by atoms with Crippen molar-refractivity contribution in [2.75, 3.05) is 0 Å². The number of phenolic OH excluding ortho intramolecular Hbond substituents is 2. The molecule has 2 aromatic rings. The number of aryl methyl sites for hydroxylation is 2. The summed E-state index contributed by atoms with van der Waals surface area (Å²) in [5.74, 6) is 0.247. The van der Waals surface area contributed by atoms with E-state index in [-0.39, 0.29) is 11.5 Å². The van der Waals surface area contributed by atoms with Gasteiger partial charge in [0.15, 0.2) is 0 Å².